The van der Waals surface area contributed by atoms with Crippen molar-refractivity contribution >= 4 is 34.9 Å². The first kappa shape index (κ1) is 22.1. The molecule has 0 aliphatic carbocycles. The molecule has 0 saturated carbocycles. The molecule has 1 atom stereocenters. The summed E-state index contributed by atoms with van der Waals surface area (Å²) < 4.78 is 5.99. The molecule has 9 heteroatoms. The van der Waals surface area contributed by atoms with Gasteiger partial charge in [-0.2, -0.15) is 0 Å². The molecular weight excluding hydrogens is 428 g/mol. The Kier molecular flexibility index (Phi) is 7.26. The van der Waals surface area contributed by atoms with E-state index in [1.54, 1.807) is 22.3 Å². The Morgan fingerprint density at radius 1 is 1.06 bits per heavy atom. The Balaban J connectivity index is 1.34. The third-order valence-corrected chi connectivity index (χ3v) is 6.57. The minimum atomic E-state index is -0.671. The quantitative estimate of drug-likeness (QED) is 0.697. The van der Waals surface area contributed by atoms with Crippen LogP contribution in [-0.4, -0.2) is 61.6 Å². The number of benzene rings is 1. The molecule has 0 unspecified atom stereocenters. The number of carbonyl (C=O) groups excluding carboxylic acids is 3. The van der Waals surface area contributed by atoms with Gasteiger partial charge in [0.25, 0.3) is 5.91 Å². The zero-order chi connectivity index (χ0) is 22.3. The third-order valence-electron chi connectivity index (χ3n) is 5.63. The maximum atomic E-state index is 13.0. The number of anilines is 1. The van der Waals surface area contributed by atoms with Crippen LogP contribution >= 0.6 is 11.3 Å². The molecule has 4 rings (SSSR count). The number of likely N-dealkylation sites (tertiary alicyclic amines) is 1. The molecule has 1 aromatic heterocycles. The van der Waals surface area contributed by atoms with Gasteiger partial charge in [-0.3, -0.25) is 14.9 Å². The summed E-state index contributed by atoms with van der Waals surface area (Å²) in [7, 11) is 0. The fourth-order valence-corrected chi connectivity index (χ4v) is 4.75. The summed E-state index contributed by atoms with van der Waals surface area (Å²) in [5.74, 6) is 0.0951. The van der Waals surface area contributed by atoms with Crippen molar-refractivity contribution < 1.29 is 19.1 Å². The van der Waals surface area contributed by atoms with E-state index in [9.17, 15) is 14.4 Å². The number of hydrogen-bond donors (Lipinski definition) is 2. The van der Waals surface area contributed by atoms with Crippen molar-refractivity contribution in [1.29, 1.82) is 0 Å². The molecule has 0 spiro atoms. The van der Waals surface area contributed by atoms with Crippen molar-refractivity contribution in [3.05, 3.63) is 46.7 Å². The monoisotopic (exact) mass is 456 g/mol. The topological polar surface area (TPSA) is 91.0 Å². The van der Waals surface area contributed by atoms with Gasteiger partial charge in [0.05, 0.1) is 18.8 Å². The Bertz CT molecular complexity index is 943. The van der Waals surface area contributed by atoms with Gasteiger partial charge in [-0.25, -0.2) is 4.79 Å². The lowest BCUT2D eigenvalue weighted by molar-refractivity contribution is -0.139. The van der Waals surface area contributed by atoms with Crippen LogP contribution in [0, 0.1) is 0 Å². The van der Waals surface area contributed by atoms with Crippen molar-refractivity contribution in [2.75, 3.05) is 37.6 Å². The SMILES string of the molecule is O=C(CN1C[C@@H](C(=O)N2CCCCC2)Oc2ccccc21)NC(=O)NCCc1cccs1. The summed E-state index contributed by atoms with van der Waals surface area (Å²) >= 11 is 1.63. The average Bonchev–Trinajstić information content (AvgIpc) is 3.32. The van der Waals surface area contributed by atoms with Gasteiger partial charge in [-0.05, 0) is 49.3 Å². The van der Waals surface area contributed by atoms with E-state index in [0.717, 1.165) is 44.5 Å². The number of carbonyl (C=O) groups is 3. The van der Waals surface area contributed by atoms with E-state index in [-0.39, 0.29) is 19.0 Å². The molecule has 3 heterocycles. The summed E-state index contributed by atoms with van der Waals surface area (Å²) in [5.41, 5.74) is 0.739. The van der Waals surface area contributed by atoms with Gasteiger partial charge in [-0.1, -0.05) is 18.2 Å². The fourth-order valence-electron chi connectivity index (χ4n) is 4.04. The van der Waals surface area contributed by atoms with E-state index in [1.165, 1.54) is 4.88 Å². The fraction of sp³-hybridized carbons (Fsp3) is 0.435. The average molecular weight is 457 g/mol. The van der Waals surface area contributed by atoms with Gasteiger partial charge in [0.1, 0.15) is 5.75 Å². The maximum Gasteiger partial charge on any atom is 0.321 e. The summed E-state index contributed by atoms with van der Waals surface area (Å²) in [6.45, 7) is 2.16. The van der Waals surface area contributed by atoms with E-state index in [1.807, 2.05) is 40.6 Å². The Labute approximate surface area is 191 Å². The van der Waals surface area contributed by atoms with Crippen molar-refractivity contribution in [2.24, 2.45) is 0 Å². The number of rotatable bonds is 6. The lowest BCUT2D eigenvalue weighted by atomic mass is 10.1. The Morgan fingerprint density at radius 3 is 2.66 bits per heavy atom. The zero-order valence-corrected chi connectivity index (χ0v) is 18.7. The number of nitrogens with zero attached hydrogens (tertiary/aromatic N) is 2. The van der Waals surface area contributed by atoms with Crippen LogP contribution in [0.5, 0.6) is 5.75 Å². The van der Waals surface area contributed by atoms with Gasteiger partial charge in [0.2, 0.25) is 5.91 Å². The second-order valence-electron chi connectivity index (χ2n) is 7.97. The molecule has 2 N–H and O–H groups in total. The first-order chi connectivity index (χ1) is 15.6. The van der Waals surface area contributed by atoms with Gasteiger partial charge in [-0.15, -0.1) is 11.3 Å². The van der Waals surface area contributed by atoms with E-state index in [4.69, 9.17) is 4.74 Å². The zero-order valence-electron chi connectivity index (χ0n) is 17.9. The molecule has 8 nitrogen and oxygen atoms in total. The second-order valence-corrected chi connectivity index (χ2v) is 9.01. The molecule has 1 saturated heterocycles. The number of urea groups is 1. The number of imide groups is 1. The van der Waals surface area contributed by atoms with Crippen molar-refractivity contribution in [3.8, 4) is 5.75 Å². The van der Waals surface area contributed by atoms with Crippen LogP contribution < -0.4 is 20.3 Å². The number of piperidine rings is 1. The summed E-state index contributed by atoms with van der Waals surface area (Å²) in [6, 6.07) is 10.8. The van der Waals surface area contributed by atoms with Crippen LogP contribution in [0.15, 0.2) is 41.8 Å². The van der Waals surface area contributed by atoms with Crippen LogP contribution in [0.1, 0.15) is 24.1 Å². The molecule has 2 aliphatic heterocycles. The highest BCUT2D eigenvalue weighted by Crippen LogP contribution is 2.33. The van der Waals surface area contributed by atoms with E-state index < -0.39 is 18.0 Å². The molecule has 32 heavy (non-hydrogen) atoms. The minimum Gasteiger partial charge on any atom is -0.477 e. The van der Waals surface area contributed by atoms with Crippen LogP contribution in [0.25, 0.3) is 0 Å². The number of ether oxygens (including phenoxy) is 1. The van der Waals surface area contributed by atoms with Gasteiger partial charge in [0.15, 0.2) is 6.10 Å². The molecule has 170 valence electrons. The predicted octanol–water partition coefficient (Wildman–Crippen LogP) is 2.40. The molecule has 1 fully saturated rings. The molecule has 4 amide bonds. The largest absolute Gasteiger partial charge is 0.477 e. The number of fused-ring (bicyclic) bond motifs is 1. The van der Waals surface area contributed by atoms with Crippen molar-refractivity contribution in [2.45, 2.75) is 31.8 Å². The standard InChI is InChI=1S/C23H28N4O4S/c28-21(25-23(30)24-11-10-17-7-6-14-32-17)16-27-15-20(22(29)26-12-4-1-5-13-26)31-19-9-3-2-8-18(19)27/h2-3,6-9,14,20H,1,4-5,10-13,15-16H2,(H2,24,25,28,30)/t20-/m0/s1. The van der Waals surface area contributed by atoms with Gasteiger partial charge < -0.3 is 19.9 Å². The van der Waals surface area contributed by atoms with Crippen LogP contribution in [0.3, 0.4) is 0 Å². The lowest BCUT2D eigenvalue weighted by Crippen LogP contribution is -2.53. The van der Waals surface area contributed by atoms with E-state index in [2.05, 4.69) is 10.6 Å². The maximum absolute atomic E-state index is 13.0. The van der Waals surface area contributed by atoms with E-state index >= 15 is 0 Å². The molecule has 0 radical (unpaired) electrons. The Morgan fingerprint density at radius 2 is 1.88 bits per heavy atom. The number of hydrogen-bond acceptors (Lipinski definition) is 6. The molecule has 2 aromatic rings. The highest BCUT2D eigenvalue weighted by molar-refractivity contribution is 7.09. The molecule has 0 bridgehead atoms. The highest BCUT2D eigenvalue weighted by atomic mass is 32.1. The van der Waals surface area contributed by atoms with Gasteiger partial charge >= 0.3 is 6.03 Å². The number of thiophene rings is 1. The van der Waals surface area contributed by atoms with Crippen LogP contribution in [0.2, 0.25) is 0 Å². The predicted molar refractivity (Wildman–Crippen MR) is 123 cm³/mol. The summed E-state index contributed by atoms with van der Waals surface area (Å²) in [6.07, 6.45) is 3.19. The summed E-state index contributed by atoms with van der Waals surface area (Å²) in [4.78, 5) is 42.5. The first-order valence-electron chi connectivity index (χ1n) is 11.0. The molecule has 1 aromatic carbocycles. The minimum absolute atomic E-state index is 0.0392. The number of para-hydroxylation sites is 2. The number of nitrogens with one attached hydrogen (secondary N) is 2. The normalized spacial score (nSPS) is 17.8. The Hall–Kier alpha value is -3.07. The smallest absolute Gasteiger partial charge is 0.321 e. The third kappa shape index (κ3) is 5.59. The highest BCUT2D eigenvalue weighted by Gasteiger charge is 2.34. The second kappa shape index (κ2) is 10.5. The van der Waals surface area contributed by atoms with Crippen LogP contribution in [-0.2, 0) is 16.0 Å². The molecule has 2 aliphatic rings. The number of amides is 4. The van der Waals surface area contributed by atoms with Gasteiger partial charge in [0, 0.05) is 24.5 Å². The van der Waals surface area contributed by atoms with Crippen molar-refractivity contribution in [1.82, 2.24) is 15.5 Å². The van der Waals surface area contributed by atoms with Crippen molar-refractivity contribution in [3.63, 3.8) is 0 Å². The summed E-state index contributed by atoms with van der Waals surface area (Å²) in [5, 5.41) is 7.08. The molecular formula is C23H28N4O4S. The lowest BCUT2D eigenvalue weighted by Gasteiger charge is -2.38. The van der Waals surface area contributed by atoms with Crippen LogP contribution in [0.4, 0.5) is 10.5 Å². The first-order valence-corrected chi connectivity index (χ1v) is 11.9. The van der Waals surface area contributed by atoms with E-state index in [0.29, 0.717) is 12.3 Å².